The highest BCUT2D eigenvalue weighted by Gasteiger charge is 2.44. The van der Waals surface area contributed by atoms with Crippen molar-refractivity contribution in [2.45, 2.75) is 41.0 Å². The third kappa shape index (κ3) is 5.10. The minimum atomic E-state index is -4.23. The van der Waals surface area contributed by atoms with Crippen LogP contribution in [0.15, 0.2) is 40.6 Å². The third-order valence-corrected chi connectivity index (χ3v) is 6.78. The summed E-state index contributed by atoms with van der Waals surface area (Å²) >= 11 is 1.31. The van der Waals surface area contributed by atoms with Gasteiger partial charge in [-0.2, -0.15) is 8.42 Å². The Kier molecular flexibility index (Phi) is 7.55. The summed E-state index contributed by atoms with van der Waals surface area (Å²) in [6.45, 7) is -0.454. The predicted octanol–water partition coefficient (Wildman–Crippen LogP) is -0.237. The van der Waals surface area contributed by atoms with Crippen LogP contribution in [0.2, 0.25) is 0 Å². The van der Waals surface area contributed by atoms with Gasteiger partial charge in [-0.25, -0.2) is 15.0 Å². The number of anilines is 1. The number of fused-ring (bicyclic) bond motifs is 1. The fraction of sp³-hybridized carbons (Fsp3) is 0.389. The first-order valence-electron chi connectivity index (χ1n) is 9.50. The van der Waals surface area contributed by atoms with E-state index in [1.54, 1.807) is 12.1 Å². The van der Waals surface area contributed by atoms with E-state index in [0.29, 0.717) is 28.5 Å². The summed E-state index contributed by atoms with van der Waals surface area (Å²) in [5.41, 5.74) is 7.49. The van der Waals surface area contributed by atoms with Crippen LogP contribution in [0, 0.1) is 0 Å². The van der Waals surface area contributed by atoms with Crippen molar-refractivity contribution in [3.8, 4) is 0 Å². The molecule has 1 aromatic carbocycles. The normalized spacial score (nSPS) is 23.0. The summed E-state index contributed by atoms with van der Waals surface area (Å²) in [5, 5.41) is 30.0. The largest absolute Gasteiger partial charge is 0.394 e. The smallest absolute Gasteiger partial charge is 0.294 e. The number of hydrogen-bond donors (Lipinski definition) is 6. The number of thioether (sulfide) groups is 1. The molecule has 1 saturated heterocycles. The minimum Gasteiger partial charge on any atom is -0.394 e. The Labute approximate surface area is 193 Å². The van der Waals surface area contributed by atoms with E-state index < -0.39 is 41.3 Å². The van der Waals surface area contributed by atoms with E-state index in [0.717, 1.165) is 5.56 Å². The molecule has 1 aliphatic rings. The lowest BCUT2D eigenvalue weighted by molar-refractivity contribution is -0.0511. The first-order chi connectivity index (χ1) is 15.2. The van der Waals surface area contributed by atoms with E-state index in [-0.39, 0.29) is 16.9 Å². The van der Waals surface area contributed by atoms with Crippen molar-refractivity contribution < 1.29 is 33.0 Å². The molecule has 3 aromatic rings. The molecular weight excluding hydrogens is 476 g/mol. The van der Waals surface area contributed by atoms with Crippen molar-refractivity contribution in [1.82, 2.24) is 25.7 Å². The summed E-state index contributed by atoms with van der Waals surface area (Å²) in [5.74, 6) is 0.693. The van der Waals surface area contributed by atoms with Crippen molar-refractivity contribution in [1.29, 1.82) is 0 Å². The zero-order valence-electron chi connectivity index (χ0n) is 17.2. The third-order valence-electron chi connectivity index (χ3n) is 5.06. The van der Waals surface area contributed by atoms with Crippen LogP contribution >= 0.6 is 11.8 Å². The Morgan fingerprint density at radius 3 is 2.45 bits per heavy atom. The average molecular weight is 501 g/mol. The van der Waals surface area contributed by atoms with E-state index >= 15 is 0 Å². The molecule has 0 saturated carbocycles. The van der Waals surface area contributed by atoms with Gasteiger partial charge < -0.3 is 31.9 Å². The van der Waals surface area contributed by atoms with Crippen LogP contribution in [0.5, 0.6) is 0 Å². The van der Waals surface area contributed by atoms with Crippen LogP contribution in [0.3, 0.4) is 0 Å². The quantitative estimate of drug-likeness (QED) is 0.140. The van der Waals surface area contributed by atoms with Gasteiger partial charge in [0.05, 0.1) is 17.8 Å². The van der Waals surface area contributed by atoms with Gasteiger partial charge in [0.25, 0.3) is 10.1 Å². The first kappa shape index (κ1) is 25.3. The SMILES string of the molecule is N.Nc1nc(SCCc2ccc(S(=O)(=O)O)cc2)nc2c1ncn2[C@@H]1O[C@H](CO)[C@@H](O)[C@@H]1O. The molecule has 4 atom stereocenters. The number of imidazole rings is 1. The number of aliphatic hydroxyl groups is 3. The molecular formula is C18H24N6O7S2. The van der Waals surface area contributed by atoms with Gasteiger partial charge >= 0.3 is 0 Å². The molecule has 33 heavy (non-hydrogen) atoms. The van der Waals surface area contributed by atoms with Crippen LogP contribution in [0.25, 0.3) is 11.2 Å². The lowest BCUT2D eigenvalue weighted by Gasteiger charge is -2.16. The summed E-state index contributed by atoms with van der Waals surface area (Å²) in [6.07, 6.45) is -2.54. The van der Waals surface area contributed by atoms with Gasteiger partial charge in [-0.05, 0) is 24.1 Å². The monoisotopic (exact) mass is 500 g/mol. The second-order valence-corrected chi connectivity index (χ2v) is 9.65. The summed E-state index contributed by atoms with van der Waals surface area (Å²) in [6, 6.07) is 5.88. The molecule has 0 bridgehead atoms. The second kappa shape index (κ2) is 9.86. The van der Waals surface area contributed by atoms with Crippen molar-refractivity contribution in [2.24, 2.45) is 0 Å². The van der Waals surface area contributed by atoms with Crippen LogP contribution in [0.1, 0.15) is 11.8 Å². The van der Waals surface area contributed by atoms with Gasteiger partial charge in [-0.3, -0.25) is 9.12 Å². The van der Waals surface area contributed by atoms with Crippen molar-refractivity contribution >= 4 is 38.9 Å². The Bertz CT molecular complexity index is 1220. The van der Waals surface area contributed by atoms with Crippen LogP contribution < -0.4 is 11.9 Å². The molecule has 3 heterocycles. The molecule has 13 nitrogen and oxygen atoms in total. The van der Waals surface area contributed by atoms with E-state index in [1.165, 1.54) is 34.8 Å². The van der Waals surface area contributed by atoms with E-state index in [9.17, 15) is 23.7 Å². The maximum absolute atomic E-state index is 11.1. The molecule has 15 heteroatoms. The van der Waals surface area contributed by atoms with Gasteiger partial charge in [-0.15, -0.1) is 0 Å². The molecule has 0 unspecified atom stereocenters. The molecule has 1 aliphatic heterocycles. The Hall–Kier alpha value is -2.37. The number of aryl methyl sites for hydroxylation is 1. The zero-order valence-corrected chi connectivity index (χ0v) is 18.9. The summed E-state index contributed by atoms with van der Waals surface area (Å²) in [4.78, 5) is 12.7. The highest BCUT2D eigenvalue weighted by molar-refractivity contribution is 7.99. The van der Waals surface area contributed by atoms with E-state index in [2.05, 4.69) is 15.0 Å². The average Bonchev–Trinajstić information content (AvgIpc) is 3.29. The molecule has 0 radical (unpaired) electrons. The number of benzene rings is 1. The van der Waals surface area contributed by atoms with Crippen LogP contribution in [-0.4, -0.2) is 78.5 Å². The van der Waals surface area contributed by atoms with Crippen molar-refractivity contribution in [3.63, 3.8) is 0 Å². The zero-order chi connectivity index (χ0) is 23.0. The lowest BCUT2D eigenvalue weighted by atomic mass is 10.1. The number of nitrogens with zero attached hydrogens (tertiary/aromatic N) is 4. The van der Waals surface area contributed by atoms with Crippen LogP contribution in [-0.2, 0) is 21.3 Å². The van der Waals surface area contributed by atoms with Gasteiger partial charge in [-0.1, -0.05) is 23.9 Å². The number of nitrogens with two attached hydrogens (primary N) is 1. The lowest BCUT2D eigenvalue weighted by Crippen LogP contribution is -2.33. The second-order valence-electron chi connectivity index (χ2n) is 7.16. The molecule has 1 fully saturated rings. The number of ether oxygens (including phenoxy) is 1. The number of hydrogen-bond acceptors (Lipinski definition) is 12. The maximum atomic E-state index is 11.1. The standard InChI is InChI=1S/C18H21N5O7S2.H3N/c19-15-12-16(23(8-20-12)17-14(26)13(25)11(7-24)30-17)22-18(21-15)31-6-5-9-1-3-10(4-2-9)32(27,28)29;/h1-4,8,11,13-14,17,24-26H,5-7H2,(H2,19,21,22)(H,27,28,29);1H3/t11-,13-,14+,17-;/m1./s1. The Morgan fingerprint density at radius 2 is 1.85 bits per heavy atom. The number of aromatic nitrogens is 4. The molecule has 0 amide bonds. The first-order valence-corrected chi connectivity index (χ1v) is 11.9. The maximum Gasteiger partial charge on any atom is 0.294 e. The predicted molar refractivity (Wildman–Crippen MR) is 118 cm³/mol. The number of nitrogen functional groups attached to an aromatic ring is 1. The molecule has 9 N–H and O–H groups in total. The molecule has 0 spiro atoms. The fourth-order valence-electron chi connectivity index (χ4n) is 3.37. The molecule has 4 rings (SSSR count). The van der Waals surface area contributed by atoms with Crippen LogP contribution in [0.4, 0.5) is 5.82 Å². The minimum absolute atomic E-state index is 0. The number of aliphatic hydroxyl groups excluding tert-OH is 3. The molecule has 180 valence electrons. The van der Waals surface area contributed by atoms with Gasteiger partial charge in [0.2, 0.25) is 0 Å². The van der Waals surface area contributed by atoms with E-state index in [4.69, 9.17) is 15.0 Å². The van der Waals surface area contributed by atoms with E-state index in [1.807, 2.05) is 0 Å². The van der Waals surface area contributed by atoms with Crippen molar-refractivity contribution in [3.05, 3.63) is 36.2 Å². The Balaban J connectivity index is 0.00000306. The van der Waals surface area contributed by atoms with Crippen molar-refractivity contribution in [2.75, 3.05) is 18.1 Å². The number of rotatable bonds is 7. The summed E-state index contributed by atoms with van der Waals surface area (Å²) in [7, 11) is -4.23. The fourth-order valence-corrected chi connectivity index (χ4v) is 4.68. The van der Waals surface area contributed by atoms with Gasteiger partial charge in [0.1, 0.15) is 23.8 Å². The molecule has 2 aromatic heterocycles. The Morgan fingerprint density at radius 1 is 1.15 bits per heavy atom. The van der Waals surface area contributed by atoms with Gasteiger partial charge in [0.15, 0.2) is 22.8 Å². The highest BCUT2D eigenvalue weighted by atomic mass is 32.2. The highest BCUT2D eigenvalue weighted by Crippen LogP contribution is 2.32. The molecule has 0 aliphatic carbocycles. The van der Waals surface area contributed by atoms with Gasteiger partial charge in [0, 0.05) is 5.75 Å². The summed E-state index contributed by atoms with van der Waals surface area (Å²) < 4.78 is 38.3. The topological polar surface area (TPSA) is 229 Å².